The van der Waals surface area contributed by atoms with Crippen LogP contribution in [0.3, 0.4) is 0 Å². The number of hydrogen-bond donors (Lipinski definition) is 0. The number of hydrogen-bond acceptors (Lipinski definition) is 8. The van der Waals surface area contributed by atoms with Gasteiger partial charge in [0.1, 0.15) is 30.0 Å². The minimum Gasteiger partial charge on any atom is -0.490 e. The average Bonchev–Trinajstić information content (AvgIpc) is 3.25. The first-order valence-corrected chi connectivity index (χ1v) is 18.6. The highest BCUT2D eigenvalue weighted by Gasteiger charge is 2.50. The summed E-state index contributed by atoms with van der Waals surface area (Å²) in [5.41, 5.74) is 3.73. The third-order valence-electron chi connectivity index (χ3n) is 11.8. The molecule has 0 radical (unpaired) electrons. The highest BCUT2D eigenvalue weighted by molar-refractivity contribution is 6.30. The number of aryl methyl sites for hydroxylation is 1. The van der Waals surface area contributed by atoms with Crippen LogP contribution in [-0.4, -0.2) is 107 Å². The smallest absolute Gasteiger partial charge is 0.150 e. The highest BCUT2D eigenvalue weighted by Crippen LogP contribution is 2.49. The number of allylic oxidation sites excluding steroid dienone is 1. The van der Waals surface area contributed by atoms with E-state index in [4.69, 9.17) is 25.8 Å². The number of rotatable bonds is 13. The minimum absolute atomic E-state index is 0.170. The number of halogens is 1. The molecule has 0 aromatic heterocycles. The normalized spacial score (nSPS) is 27.8. The van der Waals surface area contributed by atoms with Crippen LogP contribution in [0.15, 0.2) is 48.6 Å². The molecule has 2 fully saturated rings. The quantitative estimate of drug-likeness (QED) is 0.181. The number of nitrogens with zero attached hydrogens (tertiary/aromatic N) is 3. The van der Waals surface area contributed by atoms with Crippen LogP contribution in [0.1, 0.15) is 67.4 Å². The lowest BCUT2D eigenvalue weighted by Gasteiger charge is -2.52. The van der Waals surface area contributed by atoms with E-state index in [1.54, 1.807) is 6.92 Å². The van der Waals surface area contributed by atoms with Crippen LogP contribution in [0.4, 0.5) is 5.69 Å². The molecule has 8 nitrogen and oxygen atoms in total. The second-order valence-electron chi connectivity index (χ2n) is 14.9. The van der Waals surface area contributed by atoms with Gasteiger partial charge in [0.2, 0.25) is 0 Å². The fourth-order valence-corrected chi connectivity index (χ4v) is 8.99. The first-order chi connectivity index (χ1) is 23.7. The van der Waals surface area contributed by atoms with E-state index in [1.165, 1.54) is 11.1 Å². The van der Waals surface area contributed by atoms with Gasteiger partial charge in [-0.1, -0.05) is 36.7 Å². The third kappa shape index (κ3) is 7.64. The van der Waals surface area contributed by atoms with Crippen molar-refractivity contribution >= 4 is 29.9 Å². The van der Waals surface area contributed by atoms with Gasteiger partial charge in [-0.15, -0.1) is 0 Å². The van der Waals surface area contributed by atoms with E-state index in [0.29, 0.717) is 30.6 Å². The summed E-state index contributed by atoms with van der Waals surface area (Å²) >= 11 is 6.48. The Morgan fingerprint density at radius 1 is 1.16 bits per heavy atom. The van der Waals surface area contributed by atoms with Crippen molar-refractivity contribution in [2.75, 3.05) is 71.5 Å². The Bertz CT molecular complexity index is 1500. The first-order valence-electron chi connectivity index (χ1n) is 18.2. The fourth-order valence-electron chi connectivity index (χ4n) is 8.80. The van der Waals surface area contributed by atoms with Crippen molar-refractivity contribution in [1.29, 1.82) is 0 Å². The summed E-state index contributed by atoms with van der Waals surface area (Å²) in [6.07, 6.45) is 12.3. The first kappa shape index (κ1) is 36.1. The molecule has 1 saturated heterocycles. The number of piperazine rings is 1. The van der Waals surface area contributed by atoms with Crippen LogP contribution in [0.25, 0.3) is 0 Å². The SMILES string of the molecule is CC/C=C/[C@](CN1CCN(C)C(COC(C)C=O)C1)(OC)C1CCC1CN1C[C@@]2(CCCc3cc(Cl)ccc32)COc2ccc(C=O)cc21. The molecule has 2 aliphatic heterocycles. The molecule has 0 amide bonds. The lowest BCUT2D eigenvalue weighted by atomic mass is 9.63. The molecule has 1 saturated carbocycles. The van der Waals surface area contributed by atoms with E-state index >= 15 is 0 Å². The van der Waals surface area contributed by atoms with Gasteiger partial charge in [0.15, 0.2) is 0 Å². The number of benzene rings is 2. The molecule has 4 aliphatic rings. The third-order valence-corrected chi connectivity index (χ3v) is 12.0. The Balaban J connectivity index is 1.28. The molecule has 2 heterocycles. The summed E-state index contributed by atoms with van der Waals surface area (Å²) in [5, 5.41) is 0.782. The Morgan fingerprint density at radius 2 is 2.02 bits per heavy atom. The molecule has 2 aromatic rings. The number of ether oxygens (including phenoxy) is 3. The van der Waals surface area contributed by atoms with Crippen LogP contribution in [0, 0.1) is 11.8 Å². The summed E-state index contributed by atoms with van der Waals surface area (Å²) in [4.78, 5) is 30.6. The van der Waals surface area contributed by atoms with Crippen molar-refractivity contribution in [3.05, 3.63) is 70.3 Å². The number of fused-ring (bicyclic) bond motifs is 3. The number of anilines is 1. The molecule has 6 atom stereocenters. The van der Waals surface area contributed by atoms with E-state index in [1.807, 2.05) is 31.4 Å². The molecule has 9 heteroatoms. The molecule has 0 bridgehead atoms. The Morgan fingerprint density at radius 3 is 2.76 bits per heavy atom. The van der Waals surface area contributed by atoms with Crippen molar-refractivity contribution < 1.29 is 23.8 Å². The number of carbonyl (C=O) groups is 2. The van der Waals surface area contributed by atoms with E-state index < -0.39 is 11.7 Å². The summed E-state index contributed by atoms with van der Waals surface area (Å²) in [6.45, 7) is 10.4. The molecular weight excluding hydrogens is 638 g/mol. The predicted octanol–water partition coefficient (Wildman–Crippen LogP) is 6.22. The van der Waals surface area contributed by atoms with Gasteiger partial charge in [-0.05, 0) is 106 Å². The van der Waals surface area contributed by atoms with Crippen LogP contribution in [0.2, 0.25) is 5.02 Å². The lowest BCUT2D eigenvalue weighted by Crippen LogP contribution is -2.61. The molecule has 4 unspecified atom stereocenters. The summed E-state index contributed by atoms with van der Waals surface area (Å²) in [6, 6.07) is 12.4. The van der Waals surface area contributed by atoms with Crippen LogP contribution in [0.5, 0.6) is 5.75 Å². The van der Waals surface area contributed by atoms with Crippen molar-refractivity contribution in [2.45, 2.75) is 75.5 Å². The largest absolute Gasteiger partial charge is 0.490 e. The number of likely N-dealkylation sites (N-methyl/N-ethyl adjacent to an activating group) is 1. The van der Waals surface area contributed by atoms with Gasteiger partial charge in [0.25, 0.3) is 0 Å². The van der Waals surface area contributed by atoms with Gasteiger partial charge in [0, 0.05) is 68.4 Å². The lowest BCUT2D eigenvalue weighted by molar-refractivity contribution is -0.119. The predicted molar refractivity (Wildman–Crippen MR) is 195 cm³/mol. The second-order valence-corrected chi connectivity index (χ2v) is 15.3. The summed E-state index contributed by atoms with van der Waals surface area (Å²) in [7, 11) is 4.02. The maximum atomic E-state index is 12.0. The summed E-state index contributed by atoms with van der Waals surface area (Å²) < 4.78 is 19.1. The molecule has 6 rings (SSSR count). The van der Waals surface area contributed by atoms with Crippen molar-refractivity contribution in [3.8, 4) is 5.75 Å². The van der Waals surface area contributed by atoms with Gasteiger partial charge >= 0.3 is 0 Å². The molecule has 2 aliphatic carbocycles. The minimum atomic E-state index is -0.433. The Hall–Kier alpha value is -2.75. The molecule has 0 N–H and O–H groups in total. The number of carbonyl (C=O) groups excluding carboxylic acids is 2. The monoisotopic (exact) mass is 691 g/mol. The molecule has 49 heavy (non-hydrogen) atoms. The maximum Gasteiger partial charge on any atom is 0.150 e. The number of methoxy groups -OCH3 is 1. The molecule has 1 spiro atoms. The zero-order valence-electron chi connectivity index (χ0n) is 29.7. The molecule has 2 aromatic carbocycles. The Kier molecular flexibility index (Phi) is 11.5. The van der Waals surface area contributed by atoms with Gasteiger partial charge < -0.3 is 23.9 Å². The van der Waals surface area contributed by atoms with E-state index in [-0.39, 0.29) is 11.5 Å². The second kappa shape index (κ2) is 15.6. The van der Waals surface area contributed by atoms with Gasteiger partial charge in [-0.25, -0.2) is 0 Å². The van der Waals surface area contributed by atoms with E-state index in [9.17, 15) is 9.59 Å². The highest BCUT2D eigenvalue weighted by atomic mass is 35.5. The molecule has 266 valence electrons. The van der Waals surface area contributed by atoms with Crippen LogP contribution < -0.4 is 9.64 Å². The summed E-state index contributed by atoms with van der Waals surface area (Å²) in [5.74, 6) is 1.58. The average molecular weight is 692 g/mol. The fraction of sp³-hybridized carbons (Fsp3) is 0.600. The standard InChI is InChI=1S/C40H54ClN3O5/c1-5-6-16-40(47-4,27-43-18-17-42(3)34(22-43)25-48-29(2)23-45)36-12-10-32(36)21-44-26-39(15-7-8-31-20-33(41)11-13-35(31)39)28-49-38-14-9-30(24-46)19-37(38)44/h6,9,11,13-14,16,19-20,23-24,29,32,34,36H,5,7-8,10,12,15,17-18,21-22,25-28H2,1-4H3/b16-6+/t29?,32?,34?,36?,39-,40+/m0/s1. The zero-order chi connectivity index (χ0) is 34.6. The van der Waals surface area contributed by atoms with E-state index in [0.717, 1.165) is 107 Å². The van der Waals surface area contributed by atoms with Gasteiger partial charge in [-0.3, -0.25) is 14.6 Å². The van der Waals surface area contributed by atoms with Crippen LogP contribution in [-0.2, 0) is 26.1 Å². The van der Waals surface area contributed by atoms with Gasteiger partial charge in [-0.2, -0.15) is 0 Å². The van der Waals surface area contributed by atoms with Crippen molar-refractivity contribution in [2.24, 2.45) is 11.8 Å². The van der Waals surface area contributed by atoms with Crippen molar-refractivity contribution in [1.82, 2.24) is 9.80 Å². The molecular formula is C40H54ClN3O5. The van der Waals surface area contributed by atoms with Crippen molar-refractivity contribution in [3.63, 3.8) is 0 Å². The maximum absolute atomic E-state index is 12.0. The van der Waals surface area contributed by atoms with Gasteiger partial charge in [0.05, 0.1) is 18.9 Å². The Labute approximate surface area is 297 Å². The topological polar surface area (TPSA) is 71.6 Å². The number of aldehydes is 2. The van der Waals surface area contributed by atoms with Crippen LogP contribution >= 0.6 is 11.6 Å². The zero-order valence-corrected chi connectivity index (χ0v) is 30.5. The van der Waals surface area contributed by atoms with E-state index in [2.05, 4.69) is 53.0 Å².